The number of likely N-dealkylation sites (tertiary alicyclic amines) is 1. The number of nitrogens with two attached hydrogens (primary N) is 1. The minimum absolute atomic E-state index is 0.118. The lowest BCUT2D eigenvalue weighted by molar-refractivity contribution is -0.138. The van der Waals surface area contributed by atoms with Crippen LogP contribution in [0, 0.1) is 0 Å². The molecule has 0 saturated carbocycles. The predicted molar refractivity (Wildman–Crippen MR) is 128 cm³/mol. The van der Waals surface area contributed by atoms with Gasteiger partial charge in [0, 0.05) is 25.4 Å². The van der Waals surface area contributed by atoms with Crippen LogP contribution in [0.3, 0.4) is 0 Å². The lowest BCUT2D eigenvalue weighted by Gasteiger charge is -2.34. The third kappa shape index (κ3) is 6.51. The van der Waals surface area contributed by atoms with Crippen molar-refractivity contribution >= 4 is 23.3 Å². The molecule has 10 heteroatoms. The van der Waals surface area contributed by atoms with Crippen LogP contribution in [-0.4, -0.2) is 59.2 Å². The fraction of sp³-hybridized carbons (Fsp3) is 0.346. The van der Waals surface area contributed by atoms with E-state index in [0.29, 0.717) is 18.7 Å². The fourth-order valence-corrected chi connectivity index (χ4v) is 4.37. The van der Waals surface area contributed by atoms with E-state index in [1.807, 2.05) is 30.3 Å². The number of nitrogens with zero attached hydrogens (tertiary/aromatic N) is 2. The number of amides is 1. The average Bonchev–Trinajstić information content (AvgIpc) is 3.35. The SMILES string of the molecule is CN(C(=O)C(C(=O)/C=C\C(=O)O)c1ccc(C(F)(F)F)cc1N)[C@H](CN1CCCC1)c1ccccc1. The molecule has 0 radical (unpaired) electrons. The van der Waals surface area contributed by atoms with Gasteiger partial charge in [0.25, 0.3) is 0 Å². The number of alkyl halides is 3. The molecule has 7 nitrogen and oxygen atoms in total. The van der Waals surface area contributed by atoms with Gasteiger partial charge in [-0.05, 0) is 55.3 Å². The number of aliphatic carboxylic acids is 1. The molecule has 3 N–H and O–H groups in total. The number of allylic oxidation sites excluding steroid dienone is 1. The highest BCUT2D eigenvalue weighted by molar-refractivity contribution is 6.13. The van der Waals surface area contributed by atoms with Crippen LogP contribution in [0.4, 0.5) is 18.9 Å². The van der Waals surface area contributed by atoms with Crippen molar-refractivity contribution in [1.82, 2.24) is 9.80 Å². The standard InChI is InChI=1S/C26H28F3N3O4/c1-31(21(16-32-13-5-6-14-32)17-7-3-2-4-8-17)25(36)24(22(33)11-12-23(34)35)19-10-9-18(15-20(19)30)26(27,28)29/h2-4,7-12,15,21,24H,5-6,13-14,16,30H2,1H3,(H,34,35)/b12-11-/t21-,24?/m1/s1. The van der Waals surface area contributed by atoms with Gasteiger partial charge in [0.05, 0.1) is 11.6 Å². The summed E-state index contributed by atoms with van der Waals surface area (Å²) in [5, 5.41) is 8.95. The fourth-order valence-electron chi connectivity index (χ4n) is 4.37. The molecule has 1 amide bonds. The van der Waals surface area contributed by atoms with E-state index in [2.05, 4.69) is 4.90 Å². The Kier molecular flexibility index (Phi) is 8.52. The van der Waals surface area contributed by atoms with Crippen LogP contribution in [0.15, 0.2) is 60.7 Å². The third-order valence-electron chi connectivity index (χ3n) is 6.28. The van der Waals surface area contributed by atoms with Gasteiger partial charge in [-0.25, -0.2) is 4.79 Å². The van der Waals surface area contributed by atoms with E-state index in [0.717, 1.165) is 49.7 Å². The zero-order valence-electron chi connectivity index (χ0n) is 19.7. The van der Waals surface area contributed by atoms with E-state index < -0.39 is 41.4 Å². The Bertz CT molecular complexity index is 1130. The first-order valence-corrected chi connectivity index (χ1v) is 11.4. The summed E-state index contributed by atoms with van der Waals surface area (Å²) >= 11 is 0. The summed E-state index contributed by atoms with van der Waals surface area (Å²) in [6.07, 6.45) is -1.29. The first kappa shape index (κ1) is 26.9. The molecule has 2 aromatic carbocycles. The highest BCUT2D eigenvalue weighted by Gasteiger charge is 2.37. The van der Waals surface area contributed by atoms with Gasteiger partial charge in [0.2, 0.25) is 5.91 Å². The van der Waals surface area contributed by atoms with Crippen molar-refractivity contribution in [3.63, 3.8) is 0 Å². The summed E-state index contributed by atoms with van der Waals surface area (Å²) in [6, 6.07) is 11.2. The molecular weight excluding hydrogens is 475 g/mol. The minimum Gasteiger partial charge on any atom is -0.478 e. The molecule has 1 aliphatic rings. The van der Waals surface area contributed by atoms with Crippen molar-refractivity contribution in [2.24, 2.45) is 0 Å². The first-order valence-electron chi connectivity index (χ1n) is 11.4. The molecule has 2 atom stereocenters. The molecule has 0 aromatic heterocycles. The van der Waals surface area contributed by atoms with Gasteiger partial charge in [-0.2, -0.15) is 13.2 Å². The van der Waals surface area contributed by atoms with Crippen LogP contribution in [0.25, 0.3) is 0 Å². The van der Waals surface area contributed by atoms with Gasteiger partial charge in [0.15, 0.2) is 5.78 Å². The second kappa shape index (κ2) is 11.4. The highest BCUT2D eigenvalue weighted by atomic mass is 19.4. The summed E-state index contributed by atoms with van der Waals surface area (Å²) in [5.74, 6) is -4.61. The molecule has 1 aliphatic heterocycles. The largest absolute Gasteiger partial charge is 0.478 e. The van der Waals surface area contributed by atoms with Crippen molar-refractivity contribution < 1.29 is 32.7 Å². The smallest absolute Gasteiger partial charge is 0.416 e. The zero-order chi connectivity index (χ0) is 26.5. The second-order valence-electron chi connectivity index (χ2n) is 8.73. The van der Waals surface area contributed by atoms with Crippen molar-refractivity contribution in [1.29, 1.82) is 0 Å². The van der Waals surface area contributed by atoms with Gasteiger partial charge >= 0.3 is 12.1 Å². The Morgan fingerprint density at radius 2 is 1.72 bits per heavy atom. The Morgan fingerprint density at radius 3 is 2.28 bits per heavy atom. The number of rotatable bonds is 9. The Hall–Kier alpha value is -3.66. The summed E-state index contributed by atoms with van der Waals surface area (Å²) in [5.41, 5.74) is 5.20. The minimum atomic E-state index is -4.66. The van der Waals surface area contributed by atoms with Crippen molar-refractivity contribution in [2.45, 2.75) is 31.0 Å². The van der Waals surface area contributed by atoms with Crippen LogP contribution in [0.2, 0.25) is 0 Å². The van der Waals surface area contributed by atoms with Crippen molar-refractivity contribution in [2.75, 3.05) is 32.4 Å². The maximum atomic E-state index is 13.8. The highest BCUT2D eigenvalue weighted by Crippen LogP contribution is 2.35. The number of carbonyl (C=O) groups excluding carboxylic acids is 2. The number of nitrogen functional groups attached to an aromatic ring is 1. The first-order chi connectivity index (χ1) is 17.0. The predicted octanol–water partition coefficient (Wildman–Crippen LogP) is 3.88. The number of hydrogen-bond donors (Lipinski definition) is 2. The van der Waals surface area contributed by atoms with Gasteiger partial charge < -0.3 is 20.6 Å². The van der Waals surface area contributed by atoms with Gasteiger partial charge in [0.1, 0.15) is 5.92 Å². The lowest BCUT2D eigenvalue weighted by Crippen LogP contribution is -2.42. The number of carboxylic acids is 1. The van der Waals surface area contributed by atoms with E-state index in [-0.39, 0.29) is 11.3 Å². The number of halogens is 3. The maximum Gasteiger partial charge on any atom is 0.416 e. The number of ketones is 1. The van der Waals surface area contributed by atoms with Crippen LogP contribution in [-0.2, 0) is 20.6 Å². The van der Waals surface area contributed by atoms with Gasteiger partial charge in [-0.15, -0.1) is 0 Å². The van der Waals surface area contributed by atoms with E-state index in [9.17, 15) is 27.6 Å². The number of carbonyl (C=O) groups is 3. The summed E-state index contributed by atoms with van der Waals surface area (Å²) in [4.78, 5) is 41.4. The van der Waals surface area contributed by atoms with Gasteiger partial charge in [-0.1, -0.05) is 36.4 Å². The Balaban J connectivity index is 2.02. The zero-order valence-corrected chi connectivity index (χ0v) is 19.7. The number of anilines is 1. The second-order valence-corrected chi connectivity index (χ2v) is 8.73. The maximum absolute atomic E-state index is 13.8. The molecule has 1 unspecified atom stereocenters. The molecular formula is C26H28F3N3O4. The van der Waals surface area contributed by atoms with Gasteiger partial charge in [-0.3, -0.25) is 9.59 Å². The Labute approximate surface area is 207 Å². The molecule has 3 rings (SSSR count). The normalized spacial score (nSPS) is 16.1. The molecule has 192 valence electrons. The van der Waals surface area contributed by atoms with Crippen LogP contribution < -0.4 is 5.73 Å². The topological polar surface area (TPSA) is 104 Å². The summed E-state index contributed by atoms with van der Waals surface area (Å²) < 4.78 is 39.5. The Morgan fingerprint density at radius 1 is 1.08 bits per heavy atom. The summed E-state index contributed by atoms with van der Waals surface area (Å²) in [7, 11) is 1.53. The average molecular weight is 504 g/mol. The number of hydrogen-bond acceptors (Lipinski definition) is 5. The van der Waals surface area contributed by atoms with Crippen LogP contribution in [0.5, 0.6) is 0 Å². The number of benzene rings is 2. The van der Waals surface area contributed by atoms with Crippen molar-refractivity contribution in [3.05, 3.63) is 77.4 Å². The van der Waals surface area contributed by atoms with Crippen molar-refractivity contribution in [3.8, 4) is 0 Å². The molecule has 0 spiro atoms. The van der Waals surface area contributed by atoms with Crippen LogP contribution in [0.1, 0.15) is 41.5 Å². The lowest BCUT2D eigenvalue weighted by atomic mass is 9.89. The van der Waals surface area contributed by atoms with E-state index in [1.54, 1.807) is 0 Å². The molecule has 36 heavy (non-hydrogen) atoms. The quantitative estimate of drug-likeness (QED) is 0.306. The molecule has 1 saturated heterocycles. The van der Waals surface area contributed by atoms with E-state index in [4.69, 9.17) is 10.8 Å². The summed E-state index contributed by atoms with van der Waals surface area (Å²) in [6.45, 7) is 2.22. The molecule has 0 aliphatic carbocycles. The number of likely N-dealkylation sites (N-methyl/N-ethyl adjacent to an activating group) is 1. The molecule has 2 aromatic rings. The molecule has 1 fully saturated rings. The van der Waals surface area contributed by atoms with E-state index in [1.165, 1.54) is 11.9 Å². The third-order valence-corrected chi connectivity index (χ3v) is 6.28. The number of carboxylic acid groups (broad SMARTS) is 1. The molecule has 0 bridgehead atoms. The van der Waals surface area contributed by atoms with Crippen LogP contribution >= 0.6 is 0 Å². The van der Waals surface area contributed by atoms with E-state index >= 15 is 0 Å². The molecule has 1 heterocycles. The monoisotopic (exact) mass is 503 g/mol.